The molecule has 1 unspecified atom stereocenters. The lowest BCUT2D eigenvalue weighted by molar-refractivity contribution is -0.127. The maximum Gasteiger partial charge on any atom is 0.407 e. The first-order valence-corrected chi connectivity index (χ1v) is 17.1. The van der Waals surface area contributed by atoms with Gasteiger partial charge in [0.1, 0.15) is 10.9 Å². The van der Waals surface area contributed by atoms with Crippen molar-refractivity contribution in [1.29, 1.82) is 0 Å². The molecule has 10 nitrogen and oxygen atoms in total. The van der Waals surface area contributed by atoms with Crippen molar-refractivity contribution in [3.05, 3.63) is 24.3 Å². The highest BCUT2D eigenvalue weighted by Gasteiger charge is 2.38. The molecule has 0 radical (unpaired) electrons. The van der Waals surface area contributed by atoms with Gasteiger partial charge in [0.05, 0.1) is 17.8 Å². The highest BCUT2D eigenvalue weighted by Crippen LogP contribution is 2.40. The fraction of sp³-hybridized carbons (Fsp3) is 0.706. The van der Waals surface area contributed by atoms with Crippen LogP contribution in [0.1, 0.15) is 94.4 Å². The van der Waals surface area contributed by atoms with E-state index < -0.39 is 40.4 Å². The van der Waals surface area contributed by atoms with Crippen LogP contribution in [0.15, 0.2) is 29.2 Å². The van der Waals surface area contributed by atoms with E-state index in [1.807, 2.05) is 58.9 Å². The quantitative estimate of drug-likeness (QED) is 0.190. The van der Waals surface area contributed by atoms with Gasteiger partial charge in [-0.3, -0.25) is 14.4 Å². The third kappa shape index (κ3) is 12.5. The molecular weight excluding hydrogens is 592 g/mol. The second-order valence-electron chi connectivity index (χ2n) is 14.1. The lowest BCUT2D eigenvalue weighted by Gasteiger charge is -2.37. The van der Waals surface area contributed by atoms with Gasteiger partial charge in [-0.25, -0.2) is 4.79 Å². The van der Waals surface area contributed by atoms with Crippen molar-refractivity contribution in [2.24, 2.45) is 17.3 Å². The number of ether oxygens (including phenoxy) is 1. The van der Waals surface area contributed by atoms with Crippen molar-refractivity contribution in [1.82, 2.24) is 16.0 Å². The molecule has 0 saturated heterocycles. The Hall–Kier alpha value is -2.79. The number of carbonyl (C=O) groups is 4. The maximum atomic E-state index is 13.9. The van der Waals surface area contributed by atoms with Gasteiger partial charge in [-0.2, -0.15) is 0 Å². The number of hydrogen-bond donors (Lipinski definition) is 4. The van der Waals surface area contributed by atoms with E-state index in [2.05, 4.69) is 22.9 Å². The zero-order valence-corrected chi connectivity index (χ0v) is 29.5. The number of amides is 4. The molecule has 0 spiro atoms. The zero-order chi connectivity index (χ0) is 33.9. The number of aliphatic hydroxyl groups is 1. The standard InChI is InChI=1S/C34H56N4O6S/c1-10-12-17-36-30(41)23(22(3)4)18-26(39)24(37-32(43)44-33(5,6)7)19-34(8,9)20-29(40)38-21-28(31(42)35-11-2)45-27-16-14-13-15-25(27)38/h13-16,22-24,26,28,39H,10-12,17-21H2,1-9H3,(H,35,42)(H,36,41)(H,37,43)/t23-,24-,26-,28?/m0/s1. The molecule has 4 amide bonds. The van der Waals surface area contributed by atoms with Gasteiger partial charge in [-0.15, -0.1) is 11.8 Å². The Kier molecular flexibility index (Phi) is 14.7. The molecule has 1 heterocycles. The molecule has 1 aromatic carbocycles. The third-order valence-corrected chi connectivity index (χ3v) is 9.00. The SMILES string of the molecule is CCCCNC(=O)[C@@H](C[C@H](O)[C@H](CC(C)(C)CC(=O)N1CC(C(=O)NCC)Sc2ccccc21)NC(=O)OC(C)(C)C)C(C)C. The van der Waals surface area contributed by atoms with E-state index in [0.717, 1.165) is 23.4 Å². The molecule has 4 N–H and O–H groups in total. The van der Waals surface area contributed by atoms with Crippen molar-refractivity contribution < 1.29 is 29.0 Å². The molecule has 0 aliphatic carbocycles. The van der Waals surface area contributed by atoms with Gasteiger partial charge >= 0.3 is 6.09 Å². The Morgan fingerprint density at radius 1 is 1.07 bits per heavy atom. The molecular formula is C34H56N4O6S. The maximum absolute atomic E-state index is 13.9. The van der Waals surface area contributed by atoms with Crippen molar-refractivity contribution in [2.75, 3.05) is 24.5 Å². The molecule has 11 heteroatoms. The minimum atomic E-state index is -1.06. The average Bonchev–Trinajstić information content (AvgIpc) is 2.93. The number of hydrogen-bond acceptors (Lipinski definition) is 7. The Balaban J connectivity index is 2.28. The summed E-state index contributed by atoms with van der Waals surface area (Å²) in [6, 6.07) is 6.78. The molecule has 1 aliphatic rings. The number of thioether (sulfide) groups is 1. The fourth-order valence-corrected chi connectivity index (χ4v) is 6.61. The number of alkyl carbamates (subject to hydrolysis) is 1. The number of carbonyl (C=O) groups excluding carboxylic acids is 4. The predicted molar refractivity (Wildman–Crippen MR) is 180 cm³/mol. The number of anilines is 1. The second kappa shape index (κ2) is 17.2. The summed E-state index contributed by atoms with van der Waals surface area (Å²) in [4.78, 5) is 55.1. The normalized spacial score (nSPS) is 17.1. The van der Waals surface area contributed by atoms with E-state index in [-0.39, 0.29) is 49.4 Å². The van der Waals surface area contributed by atoms with Gasteiger partial charge in [0.15, 0.2) is 0 Å². The minimum Gasteiger partial charge on any atom is -0.444 e. The molecule has 4 atom stereocenters. The lowest BCUT2D eigenvalue weighted by Crippen LogP contribution is -2.50. The van der Waals surface area contributed by atoms with E-state index in [1.165, 1.54) is 11.8 Å². The summed E-state index contributed by atoms with van der Waals surface area (Å²) in [6.07, 6.45) is 0.599. The summed E-state index contributed by atoms with van der Waals surface area (Å²) < 4.78 is 5.51. The predicted octanol–water partition coefficient (Wildman–Crippen LogP) is 5.27. The second-order valence-corrected chi connectivity index (χ2v) is 15.3. The first-order chi connectivity index (χ1) is 21.0. The van der Waals surface area contributed by atoms with Gasteiger partial charge in [0.25, 0.3) is 0 Å². The van der Waals surface area contributed by atoms with Gasteiger partial charge in [0, 0.05) is 36.9 Å². The highest BCUT2D eigenvalue weighted by atomic mass is 32.2. The zero-order valence-electron chi connectivity index (χ0n) is 28.7. The fourth-order valence-electron chi connectivity index (χ4n) is 5.44. The largest absolute Gasteiger partial charge is 0.444 e. The first-order valence-electron chi connectivity index (χ1n) is 16.3. The molecule has 1 aliphatic heterocycles. The average molecular weight is 649 g/mol. The van der Waals surface area contributed by atoms with Crippen LogP contribution in [0.4, 0.5) is 10.5 Å². The first kappa shape index (κ1) is 38.4. The minimum absolute atomic E-state index is 0.0343. The van der Waals surface area contributed by atoms with Crippen LogP contribution in [0.5, 0.6) is 0 Å². The summed E-state index contributed by atoms with van der Waals surface area (Å²) in [6.45, 7) is 18.3. The van der Waals surface area contributed by atoms with Crippen LogP contribution in [0.25, 0.3) is 0 Å². The number of para-hydroxylation sites is 1. The number of fused-ring (bicyclic) bond motifs is 1. The summed E-state index contributed by atoms with van der Waals surface area (Å²) >= 11 is 1.45. The van der Waals surface area contributed by atoms with Crippen LogP contribution < -0.4 is 20.9 Å². The van der Waals surface area contributed by atoms with E-state index in [1.54, 1.807) is 25.7 Å². The monoisotopic (exact) mass is 648 g/mol. The summed E-state index contributed by atoms with van der Waals surface area (Å²) in [5, 5.41) is 19.8. The van der Waals surface area contributed by atoms with Crippen LogP contribution in [0, 0.1) is 17.3 Å². The van der Waals surface area contributed by atoms with E-state index in [4.69, 9.17) is 4.74 Å². The van der Waals surface area contributed by atoms with Crippen LogP contribution in [0.3, 0.4) is 0 Å². The van der Waals surface area contributed by atoms with E-state index >= 15 is 0 Å². The molecule has 0 bridgehead atoms. The Morgan fingerprint density at radius 2 is 1.73 bits per heavy atom. The van der Waals surface area contributed by atoms with Crippen molar-refractivity contribution in [3.63, 3.8) is 0 Å². The summed E-state index contributed by atoms with van der Waals surface area (Å²) in [5.41, 5.74) is -0.652. The van der Waals surface area contributed by atoms with Gasteiger partial charge < -0.3 is 30.7 Å². The topological polar surface area (TPSA) is 137 Å². The lowest BCUT2D eigenvalue weighted by atomic mass is 9.78. The Labute approximate surface area is 274 Å². The van der Waals surface area contributed by atoms with E-state index in [0.29, 0.717) is 13.1 Å². The number of unbranched alkanes of at least 4 members (excludes halogenated alkanes) is 1. The molecule has 0 saturated carbocycles. The molecule has 45 heavy (non-hydrogen) atoms. The molecule has 0 fully saturated rings. The Bertz CT molecular complexity index is 1150. The smallest absolute Gasteiger partial charge is 0.407 e. The molecule has 1 aromatic rings. The third-order valence-electron chi connectivity index (χ3n) is 7.75. The summed E-state index contributed by atoms with van der Waals surface area (Å²) in [5.74, 6) is -0.877. The van der Waals surface area contributed by atoms with Gasteiger partial charge in [0.2, 0.25) is 17.7 Å². The molecule has 2 rings (SSSR count). The summed E-state index contributed by atoms with van der Waals surface area (Å²) in [7, 11) is 0. The van der Waals surface area contributed by atoms with Crippen LogP contribution >= 0.6 is 11.8 Å². The van der Waals surface area contributed by atoms with Crippen LogP contribution in [-0.4, -0.2) is 71.6 Å². The number of aliphatic hydroxyl groups excluding tert-OH is 1. The Morgan fingerprint density at radius 3 is 2.33 bits per heavy atom. The van der Waals surface area contributed by atoms with Gasteiger partial charge in [-0.05, 0) is 70.4 Å². The molecule has 0 aromatic heterocycles. The van der Waals surface area contributed by atoms with Crippen molar-refractivity contribution in [3.8, 4) is 0 Å². The van der Waals surface area contributed by atoms with E-state index in [9.17, 15) is 24.3 Å². The number of nitrogens with zero attached hydrogens (tertiary/aromatic N) is 1. The van der Waals surface area contributed by atoms with Gasteiger partial charge in [-0.1, -0.05) is 53.2 Å². The molecule has 254 valence electrons. The van der Waals surface area contributed by atoms with Crippen molar-refractivity contribution in [2.45, 2.75) is 122 Å². The number of nitrogens with one attached hydrogen (secondary N) is 3. The number of rotatable bonds is 15. The van der Waals surface area contributed by atoms with Crippen LogP contribution in [0.2, 0.25) is 0 Å². The number of benzene rings is 1. The van der Waals surface area contributed by atoms with Crippen molar-refractivity contribution >= 4 is 41.3 Å². The van der Waals surface area contributed by atoms with Crippen LogP contribution in [-0.2, 0) is 19.1 Å². The highest BCUT2D eigenvalue weighted by molar-refractivity contribution is 8.00.